The average Bonchev–Trinajstić information content (AvgIpc) is 2.69. The molecule has 8 heteroatoms. The lowest BCUT2D eigenvalue weighted by atomic mass is 10.1. The van der Waals surface area contributed by atoms with Gasteiger partial charge in [0.1, 0.15) is 0 Å². The molecule has 0 spiro atoms. The average molecular weight is 408 g/mol. The molecule has 1 aliphatic heterocycles. The number of carbonyl (C=O) groups is 1. The van der Waals surface area contributed by atoms with E-state index in [1.54, 1.807) is 4.90 Å². The highest BCUT2D eigenvalue weighted by atomic mass is 35.5. The molecule has 0 aromatic heterocycles. The van der Waals surface area contributed by atoms with E-state index in [9.17, 15) is 13.2 Å². The van der Waals surface area contributed by atoms with Gasteiger partial charge in [0.05, 0.1) is 15.5 Å². The maximum absolute atomic E-state index is 12.9. The van der Waals surface area contributed by atoms with Gasteiger partial charge in [0, 0.05) is 32.7 Å². The van der Waals surface area contributed by atoms with Crippen molar-refractivity contribution in [2.45, 2.75) is 11.4 Å². The zero-order valence-electron chi connectivity index (χ0n) is 15.1. The summed E-state index contributed by atoms with van der Waals surface area (Å²) in [5.74, 6) is -0.243. The van der Waals surface area contributed by atoms with E-state index >= 15 is 0 Å². The highest BCUT2D eigenvalue weighted by Gasteiger charge is 2.25. The molecular formula is C19H22ClN3O3S. The maximum Gasteiger partial charge on any atom is 0.255 e. The molecule has 0 aliphatic carbocycles. The van der Waals surface area contributed by atoms with Crippen molar-refractivity contribution in [1.82, 2.24) is 14.5 Å². The smallest absolute Gasteiger partial charge is 0.255 e. The van der Waals surface area contributed by atoms with Crippen molar-refractivity contribution < 1.29 is 13.2 Å². The van der Waals surface area contributed by atoms with Gasteiger partial charge in [0.15, 0.2) is 0 Å². The maximum atomic E-state index is 12.9. The first kappa shape index (κ1) is 19.8. The van der Waals surface area contributed by atoms with E-state index in [2.05, 4.69) is 21.8 Å². The number of sulfonamides is 1. The van der Waals surface area contributed by atoms with Crippen LogP contribution in [0.2, 0.25) is 5.02 Å². The van der Waals surface area contributed by atoms with Crippen LogP contribution in [0.1, 0.15) is 15.9 Å². The molecule has 0 radical (unpaired) electrons. The number of amides is 1. The van der Waals surface area contributed by atoms with Crippen molar-refractivity contribution in [3.8, 4) is 0 Å². The Morgan fingerprint density at radius 3 is 2.37 bits per heavy atom. The lowest BCUT2D eigenvalue weighted by Crippen LogP contribution is -2.48. The van der Waals surface area contributed by atoms with E-state index in [0.29, 0.717) is 13.1 Å². The zero-order chi connectivity index (χ0) is 19.4. The van der Waals surface area contributed by atoms with E-state index in [1.807, 2.05) is 18.2 Å². The predicted molar refractivity (Wildman–Crippen MR) is 105 cm³/mol. The Bertz CT molecular complexity index is 911. The summed E-state index contributed by atoms with van der Waals surface area (Å²) in [7, 11) is -2.30. The second-order valence-electron chi connectivity index (χ2n) is 6.40. The van der Waals surface area contributed by atoms with Crippen LogP contribution in [0.3, 0.4) is 0 Å². The SMILES string of the molecule is CNS(=O)(=O)c1ccc(Cl)c(C(=O)N2CCN(Cc3ccccc3)CC2)c1. The summed E-state index contributed by atoms with van der Waals surface area (Å²) in [5, 5.41) is 0.252. The summed E-state index contributed by atoms with van der Waals surface area (Å²) in [5.41, 5.74) is 1.45. The minimum absolute atomic E-state index is 0.0282. The minimum atomic E-state index is -3.63. The number of hydrogen-bond donors (Lipinski definition) is 1. The first-order valence-corrected chi connectivity index (χ1v) is 10.6. The summed E-state index contributed by atoms with van der Waals surface area (Å²) in [6.45, 7) is 3.51. The van der Waals surface area contributed by atoms with Crippen LogP contribution < -0.4 is 4.72 Å². The number of nitrogens with one attached hydrogen (secondary N) is 1. The van der Waals surface area contributed by atoms with E-state index in [1.165, 1.54) is 30.8 Å². The summed E-state index contributed by atoms with van der Waals surface area (Å²) < 4.78 is 26.2. The summed E-state index contributed by atoms with van der Waals surface area (Å²) in [4.78, 5) is 16.9. The minimum Gasteiger partial charge on any atom is -0.336 e. The highest BCUT2D eigenvalue weighted by molar-refractivity contribution is 7.89. The molecule has 0 atom stereocenters. The van der Waals surface area contributed by atoms with Gasteiger partial charge in [-0.25, -0.2) is 13.1 Å². The topological polar surface area (TPSA) is 69.7 Å². The van der Waals surface area contributed by atoms with Gasteiger partial charge in [-0.3, -0.25) is 9.69 Å². The Morgan fingerprint density at radius 2 is 1.74 bits per heavy atom. The number of rotatable bonds is 5. The van der Waals surface area contributed by atoms with E-state index in [0.717, 1.165) is 19.6 Å². The Labute approximate surface area is 164 Å². The van der Waals surface area contributed by atoms with E-state index < -0.39 is 10.0 Å². The van der Waals surface area contributed by atoms with Crippen LogP contribution in [-0.4, -0.2) is 57.4 Å². The second kappa shape index (κ2) is 8.39. The second-order valence-corrected chi connectivity index (χ2v) is 8.70. The van der Waals surface area contributed by atoms with Crippen molar-refractivity contribution in [3.63, 3.8) is 0 Å². The number of benzene rings is 2. The Morgan fingerprint density at radius 1 is 1.07 bits per heavy atom. The molecule has 144 valence electrons. The van der Waals surface area contributed by atoms with Gasteiger partial charge in [-0.1, -0.05) is 41.9 Å². The molecule has 0 bridgehead atoms. The van der Waals surface area contributed by atoms with Gasteiger partial charge in [-0.2, -0.15) is 0 Å². The Balaban J connectivity index is 1.68. The third kappa shape index (κ3) is 4.68. The molecule has 1 fully saturated rings. The van der Waals surface area contributed by atoms with Gasteiger partial charge in [0.25, 0.3) is 5.91 Å². The Kier molecular flexibility index (Phi) is 6.16. The van der Waals surface area contributed by atoms with Crippen molar-refractivity contribution in [2.24, 2.45) is 0 Å². The molecule has 27 heavy (non-hydrogen) atoms. The van der Waals surface area contributed by atoms with Gasteiger partial charge < -0.3 is 4.90 Å². The van der Waals surface area contributed by atoms with E-state index in [-0.39, 0.29) is 21.4 Å². The van der Waals surface area contributed by atoms with Gasteiger partial charge in [0.2, 0.25) is 10.0 Å². The van der Waals surface area contributed by atoms with Crippen LogP contribution in [0.15, 0.2) is 53.4 Å². The van der Waals surface area contributed by atoms with Crippen molar-refractivity contribution >= 4 is 27.5 Å². The third-order valence-electron chi connectivity index (χ3n) is 4.66. The molecule has 1 heterocycles. The highest BCUT2D eigenvalue weighted by Crippen LogP contribution is 2.23. The van der Waals surface area contributed by atoms with Crippen LogP contribution in [0, 0.1) is 0 Å². The number of piperazine rings is 1. The Hall–Kier alpha value is -1.93. The van der Waals surface area contributed by atoms with Gasteiger partial charge in [-0.05, 0) is 30.8 Å². The zero-order valence-corrected chi connectivity index (χ0v) is 16.6. The third-order valence-corrected chi connectivity index (χ3v) is 6.40. The molecule has 0 unspecified atom stereocenters. The molecule has 1 amide bonds. The summed E-state index contributed by atoms with van der Waals surface area (Å²) in [6.07, 6.45) is 0. The quantitative estimate of drug-likeness (QED) is 0.825. The number of nitrogens with zero attached hydrogens (tertiary/aromatic N) is 2. The summed E-state index contributed by atoms with van der Waals surface area (Å²) in [6, 6.07) is 14.4. The molecule has 2 aromatic carbocycles. The molecule has 2 aromatic rings. The fourth-order valence-electron chi connectivity index (χ4n) is 3.07. The van der Waals surface area contributed by atoms with Crippen LogP contribution in [-0.2, 0) is 16.6 Å². The lowest BCUT2D eigenvalue weighted by molar-refractivity contribution is 0.0628. The first-order valence-electron chi connectivity index (χ1n) is 8.69. The number of halogens is 1. The normalized spacial score (nSPS) is 15.7. The van der Waals surface area contributed by atoms with Crippen LogP contribution in [0.4, 0.5) is 0 Å². The number of hydrogen-bond acceptors (Lipinski definition) is 4. The van der Waals surface area contributed by atoms with Crippen LogP contribution >= 0.6 is 11.6 Å². The molecule has 0 saturated carbocycles. The predicted octanol–water partition coefficient (Wildman–Crippen LogP) is 2.21. The fourth-order valence-corrected chi connectivity index (χ4v) is 4.03. The van der Waals surface area contributed by atoms with Gasteiger partial charge >= 0.3 is 0 Å². The largest absolute Gasteiger partial charge is 0.336 e. The standard InChI is InChI=1S/C19H22ClN3O3S/c1-21-27(25,26)16-7-8-18(20)17(13-16)19(24)23-11-9-22(10-12-23)14-15-5-3-2-4-6-15/h2-8,13,21H,9-12,14H2,1H3. The first-order chi connectivity index (χ1) is 12.9. The van der Waals surface area contributed by atoms with E-state index in [4.69, 9.17) is 11.6 Å². The monoisotopic (exact) mass is 407 g/mol. The molecule has 3 rings (SSSR count). The summed E-state index contributed by atoms with van der Waals surface area (Å²) >= 11 is 6.17. The molecule has 1 aliphatic rings. The molecule has 1 N–H and O–H groups in total. The number of carbonyl (C=O) groups excluding carboxylic acids is 1. The fraction of sp³-hybridized carbons (Fsp3) is 0.316. The van der Waals surface area contributed by atoms with Crippen molar-refractivity contribution in [3.05, 3.63) is 64.7 Å². The van der Waals surface area contributed by atoms with Gasteiger partial charge in [-0.15, -0.1) is 0 Å². The molecule has 6 nitrogen and oxygen atoms in total. The lowest BCUT2D eigenvalue weighted by Gasteiger charge is -2.35. The van der Waals surface area contributed by atoms with Crippen molar-refractivity contribution in [2.75, 3.05) is 33.2 Å². The molecule has 1 saturated heterocycles. The molecular weight excluding hydrogens is 386 g/mol. The van der Waals surface area contributed by atoms with Crippen molar-refractivity contribution in [1.29, 1.82) is 0 Å². The van der Waals surface area contributed by atoms with Crippen LogP contribution in [0.5, 0.6) is 0 Å². The van der Waals surface area contributed by atoms with Crippen LogP contribution in [0.25, 0.3) is 0 Å².